The highest BCUT2D eigenvalue weighted by Gasteiger charge is 2.69. The summed E-state index contributed by atoms with van der Waals surface area (Å²) in [6.07, 6.45) is -3.54. The van der Waals surface area contributed by atoms with E-state index >= 15 is 0 Å². The molecule has 0 saturated carbocycles. The molecule has 0 N–H and O–H groups in total. The normalized spacial score (nSPS) is 29.0. The second kappa shape index (κ2) is 7.90. The summed E-state index contributed by atoms with van der Waals surface area (Å²) >= 11 is 0. The number of fused-ring (bicyclic) bond motifs is 5. The molecule has 0 radical (unpaired) electrons. The van der Waals surface area contributed by atoms with Gasteiger partial charge in [-0.3, -0.25) is 9.59 Å². The fourth-order valence-electron chi connectivity index (χ4n) is 5.20. The zero-order chi connectivity index (χ0) is 25.3. The second-order valence-electron chi connectivity index (χ2n) is 11.0. The molecule has 3 aliphatic rings. The number of alkyl halides is 3. The Morgan fingerprint density at radius 3 is 2.50 bits per heavy atom. The number of nitriles is 1. The van der Waals surface area contributed by atoms with Crippen LogP contribution in [0.25, 0.3) is 0 Å². The van der Waals surface area contributed by atoms with Crippen molar-refractivity contribution >= 4 is 25.8 Å². The molecule has 2 bridgehead atoms. The van der Waals surface area contributed by atoms with E-state index in [-0.39, 0.29) is 10.7 Å². The summed E-state index contributed by atoms with van der Waals surface area (Å²) in [5.41, 5.74) is -2.73. The number of amides is 2. The van der Waals surface area contributed by atoms with E-state index in [1.165, 1.54) is 12.1 Å². The highest BCUT2D eigenvalue weighted by atomic mass is 28.4. The van der Waals surface area contributed by atoms with E-state index < -0.39 is 61.0 Å². The van der Waals surface area contributed by atoms with E-state index in [0.29, 0.717) is 31.9 Å². The maximum absolute atomic E-state index is 13.5. The van der Waals surface area contributed by atoms with E-state index in [4.69, 9.17) is 14.4 Å². The number of halogens is 3. The fraction of sp³-hybridized carbons (Fsp3) is 0.625. The van der Waals surface area contributed by atoms with Gasteiger partial charge in [-0.05, 0) is 55.6 Å². The number of carbonyl (C=O) groups is 2. The van der Waals surface area contributed by atoms with Crippen LogP contribution < -0.4 is 4.90 Å². The molecule has 4 rings (SSSR count). The van der Waals surface area contributed by atoms with Crippen LogP contribution in [0, 0.1) is 23.2 Å². The molecule has 1 aromatic rings. The summed E-state index contributed by atoms with van der Waals surface area (Å²) in [7, 11) is -2.02. The van der Waals surface area contributed by atoms with Crippen LogP contribution in [0.15, 0.2) is 18.2 Å². The summed E-state index contributed by atoms with van der Waals surface area (Å²) in [5, 5.41) is 9.07. The van der Waals surface area contributed by atoms with Gasteiger partial charge in [-0.2, -0.15) is 18.4 Å². The molecule has 0 spiro atoms. The minimum absolute atomic E-state index is 0.0175. The standard InChI is InChI=1S/C24H29F3N2O4Si/c1-22(2,3)34(4,5)32-11-10-23-9-8-17(33-23)18-19(23)21(31)29(20(18)30)15-7-6-14(13-28)16(12-15)24(25,26)27/h6-7,12,17-19H,8-11H2,1-5H3/t17-,18-,19+,23-/m1/s1. The Labute approximate surface area is 198 Å². The van der Waals surface area contributed by atoms with Crippen LogP contribution >= 0.6 is 0 Å². The molecule has 0 aliphatic carbocycles. The van der Waals surface area contributed by atoms with E-state index in [1.54, 1.807) is 0 Å². The molecule has 0 aromatic heterocycles. The van der Waals surface area contributed by atoms with E-state index in [0.717, 1.165) is 11.0 Å². The molecule has 3 saturated heterocycles. The highest BCUT2D eigenvalue weighted by molar-refractivity contribution is 6.74. The molecule has 1 aromatic carbocycles. The molecule has 3 heterocycles. The lowest BCUT2D eigenvalue weighted by Crippen LogP contribution is -2.45. The minimum Gasteiger partial charge on any atom is -0.417 e. The lowest BCUT2D eigenvalue weighted by molar-refractivity contribution is -0.138. The maximum Gasteiger partial charge on any atom is 0.417 e. The topological polar surface area (TPSA) is 79.6 Å². The number of nitrogens with zero attached hydrogens (tertiary/aromatic N) is 2. The van der Waals surface area contributed by atoms with Gasteiger partial charge in [0.05, 0.1) is 46.4 Å². The van der Waals surface area contributed by atoms with Crippen LogP contribution in [0.4, 0.5) is 18.9 Å². The first-order valence-electron chi connectivity index (χ1n) is 11.4. The Morgan fingerprint density at radius 2 is 1.91 bits per heavy atom. The van der Waals surface area contributed by atoms with Crippen LogP contribution in [0.3, 0.4) is 0 Å². The van der Waals surface area contributed by atoms with Gasteiger partial charge in [0.1, 0.15) is 0 Å². The van der Waals surface area contributed by atoms with Gasteiger partial charge < -0.3 is 9.16 Å². The average Bonchev–Trinajstić information content (AvgIpc) is 3.36. The maximum atomic E-state index is 13.5. The zero-order valence-corrected chi connectivity index (χ0v) is 21.0. The zero-order valence-electron chi connectivity index (χ0n) is 20.0. The molecule has 0 unspecified atom stereocenters. The summed E-state index contributed by atoms with van der Waals surface area (Å²) in [5.74, 6) is -2.53. The summed E-state index contributed by atoms with van der Waals surface area (Å²) in [6, 6.07) is 4.46. The quantitative estimate of drug-likeness (QED) is 0.424. The molecule has 10 heteroatoms. The number of benzene rings is 1. The van der Waals surface area contributed by atoms with Crippen molar-refractivity contribution < 1.29 is 31.9 Å². The minimum atomic E-state index is -4.78. The first-order valence-corrected chi connectivity index (χ1v) is 14.3. The summed E-state index contributed by atoms with van der Waals surface area (Å²) in [4.78, 5) is 27.6. The molecule has 3 fully saturated rings. The molecule has 34 heavy (non-hydrogen) atoms. The number of rotatable bonds is 5. The number of carbonyl (C=O) groups excluding carboxylic acids is 2. The number of imide groups is 1. The predicted octanol–water partition coefficient (Wildman–Crippen LogP) is 5.03. The van der Waals surface area contributed by atoms with Gasteiger partial charge in [0, 0.05) is 6.61 Å². The Hall–Kier alpha value is -2.22. The smallest absolute Gasteiger partial charge is 0.417 e. The summed E-state index contributed by atoms with van der Waals surface area (Å²) < 4.78 is 52.9. The van der Waals surface area contributed by atoms with Gasteiger partial charge in [0.15, 0.2) is 8.32 Å². The Morgan fingerprint density at radius 1 is 1.24 bits per heavy atom. The monoisotopic (exact) mass is 494 g/mol. The number of ether oxygens (including phenoxy) is 1. The van der Waals surface area contributed by atoms with Crippen molar-refractivity contribution in [3.8, 4) is 6.07 Å². The van der Waals surface area contributed by atoms with Gasteiger partial charge in [0.2, 0.25) is 11.8 Å². The van der Waals surface area contributed by atoms with E-state index in [2.05, 4.69) is 33.9 Å². The van der Waals surface area contributed by atoms with Gasteiger partial charge >= 0.3 is 6.18 Å². The SMILES string of the molecule is CC(C)(C)[Si](C)(C)OCC[C@@]12CC[C@@H](O1)[C@H]1C(=O)N(c3ccc(C#N)c(C(F)(F)F)c3)C(=O)[C@H]12. The van der Waals surface area contributed by atoms with Crippen LogP contribution in [-0.4, -0.2) is 38.4 Å². The van der Waals surface area contributed by atoms with Crippen LogP contribution in [0.1, 0.15) is 51.2 Å². The van der Waals surface area contributed by atoms with Crippen molar-refractivity contribution in [1.29, 1.82) is 5.26 Å². The van der Waals surface area contributed by atoms with Gasteiger partial charge in [-0.15, -0.1) is 0 Å². The molecule has 2 amide bonds. The third kappa shape index (κ3) is 3.78. The third-order valence-electron chi connectivity index (χ3n) is 8.04. The number of anilines is 1. The first kappa shape index (κ1) is 24.9. The van der Waals surface area contributed by atoms with Crippen molar-refractivity contribution in [3.63, 3.8) is 0 Å². The predicted molar refractivity (Wildman–Crippen MR) is 120 cm³/mol. The van der Waals surface area contributed by atoms with Crippen LogP contribution in [-0.2, 0) is 24.9 Å². The van der Waals surface area contributed by atoms with Crippen LogP contribution in [0.2, 0.25) is 18.1 Å². The number of hydrogen-bond donors (Lipinski definition) is 0. The highest BCUT2D eigenvalue weighted by Crippen LogP contribution is 2.57. The van der Waals surface area contributed by atoms with Crippen molar-refractivity contribution in [1.82, 2.24) is 0 Å². The Bertz CT molecular complexity index is 1080. The van der Waals surface area contributed by atoms with Crippen molar-refractivity contribution in [2.75, 3.05) is 11.5 Å². The number of hydrogen-bond acceptors (Lipinski definition) is 5. The molecule has 3 aliphatic heterocycles. The molecule has 6 nitrogen and oxygen atoms in total. The molecule has 184 valence electrons. The average molecular weight is 495 g/mol. The molecule has 4 atom stereocenters. The van der Waals surface area contributed by atoms with Crippen LogP contribution in [0.5, 0.6) is 0 Å². The first-order chi connectivity index (χ1) is 15.6. The summed E-state index contributed by atoms with van der Waals surface area (Å²) in [6.45, 7) is 11.1. The van der Waals surface area contributed by atoms with E-state index in [1.807, 2.05) is 0 Å². The molecular weight excluding hydrogens is 465 g/mol. The van der Waals surface area contributed by atoms with Gasteiger partial charge in [-0.1, -0.05) is 20.8 Å². The third-order valence-corrected chi connectivity index (χ3v) is 12.6. The largest absolute Gasteiger partial charge is 0.417 e. The van der Waals surface area contributed by atoms with Gasteiger partial charge in [-0.25, -0.2) is 4.90 Å². The van der Waals surface area contributed by atoms with Crippen molar-refractivity contribution in [2.24, 2.45) is 11.8 Å². The Balaban J connectivity index is 1.61. The Kier molecular flexibility index (Phi) is 5.78. The van der Waals surface area contributed by atoms with Gasteiger partial charge in [0.25, 0.3) is 0 Å². The lowest BCUT2D eigenvalue weighted by atomic mass is 9.71. The lowest BCUT2D eigenvalue weighted by Gasteiger charge is -2.38. The van der Waals surface area contributed by atoms with Crippen molar-refractivity contribution in [3.05, 3.63) is 29.3 Å². The fourth-order valence-corrected chi connectivity index (χ4v) is 6.24. The second-order valence-corrected chi connectivity index (χ2v) is 15.8. The van der Waals surface area contributed by atoms with Crippen molar-refractivity contribution in [2.45, 2.75) is 76.0 Å². The van der Waals surface area contributed by atoms with E-state index in [9.17, 15) is 22.8 Å². The molecular formula is C24H29F3N2O4Si.